The van der Waals surface area contributed by atoms with Gasteiger partial charge in [-0.1, -0.05) is 0 Å². The number of aromatic nitrogens is 1. The normalized spacial score (nSPS) is 18.3. The SMILES string of the molecule is CCOc1cc2c(cc1OC)C(c1cnc(OC)c(OC)c1)=N[C@@H]1CC[C@@H](O)C[C@H]21.O=C(O)CC(O)(CC(=O)O)C(=O)O.O=C(O)[C@H](O)[C@@H](O)C(=O)O. The number of fused-ring (bicyclic) bond motifs is 3. The van der Waals surface area contributed by atoms with E-state index in [9.17, 15) is 29.1 Å². The van der Waals surface area contributed by atoms with Crippen molar-refractivity contribution in [2.45, 2.75) is 74.9 Å². The van der Waals surface area contributed by atoms with E-state index in [0.717, 1.165) is 35.2 Å². The molecule has 2 aliphatic rings. The molecule has 5 atom stereocenters. The number of nitrogens with zero attached hydrogens (tertiary/aromatic N) is 2. The Labute approximate surface area is 301 Å². The molecule has 20 nitrogen and oxygen atoms in total. The highest BCUT2D eigenvalue weighted by molar-refractivity contribution is 6.15. The van der Waals surface area contributed by atoms with E-state index in [1.165, 1.54) is 0 Å². The van der Waals surface area contributed by atoms with Crippen LogP contribution in [0.5, 0.6) is 23.1 Å². The summed E-state index contributed by atoms with van der Waals surface area (Å²) in [5, 5.41) is 76.6. The van der Waals surface area contributed by atoms with Crippen molar-refractivity contribution in [1.29, 1.82) is 0 Å². The lowest BCUT2D eigenvalue weighted by atomic mass is 9.74. The Bertz CT molecular complexity index is 1640. The maximum absolute atomic E-state index is 10.3. The first-order valence-electron chi connectivity index (χ1n) is 15.7. The minimum Gasteiger partial charge on any atom is -0.493 e. The largest absolute Gasteiger partial charge is 0.493 e. The zero-order chi connectivity index (χ0) is 40.2. The van der Waals surface area contributed by atoms with Gasteiger partial charge in [-0.15, -0.1) is 0 Å². The molecule has 4 rings (SSSR count). The second kappa shape index (κ2) is 19.3. The number of ether oxygens (including phenoxy) is 4. The van der Waals surface area contributed by atoms with E-state index in [-0.39, 0.29) is 18.1 Å². The maximum atomic E-state index is 10.3. The molecule has 0 amide bonds. The van der Waals surface area contributed by atoms with Crippen molar-refractivity contribution in [3.63, 3.8) is 0 Å². The van der Waals surface area contributed by atoms with E-state index >= 15 is 0 Å². The Morgan fingerprint density at radius 1 is 0.830 bits per heavy atom. The number of hydrogen-bond donors (Lipinski definition) is 9. The number of aliphatic hydroxyl groups excluding tert-OH is 3. The summed E-state index contributed by atoms with van der Waals surface area (Å²) in [6.45, 7) is 2.50. The Hall–Kier alpha value is -5.57. The minimum atomic E-state index is -2.74. The van der Waals surface area contributed by atoms with Crippen LogP contribution in [0.15, 0.2) is 29.4 Å². The molecule has 2 aromatic rings. The van der Waals surface area contributed by atoms with Crippen LogP contribution in [-0.4, -0.2) is 144 Å². The molecule has 1 fully saturated rings. The summed E-state index contributed by atoms with van der Waals surface area (Å²) in [6, 6.07) is 6.03. The standard InChI is InChI=1S/C23H28N2O5.C6H8O7.C4H6O6/c1-5-30-20-10-15-16-9-14(26)6-7-18(16)25-22(17(15)11-19(20)27-2)13-8-21(28-3)23(29-4)24-12-13;7-3(8)1-6(13,5(11)12)2-4(9)10;5-1(3(7)8)2(6)4(9)10/h8,10-12,14,16,18,26H,5-7,9H2,1-4H3;13H,1-2H2,(H,7,8)(H,9,10)(H,11,12);1-2,5-6H,(H,7,8)(H,9,10)/t14-,16-,18-;;1-,2-/m1.1/s1. The van der Waals surface area contributed by atoms with Crippen LogP contribution < -0.4 is 18.9 Å². The second-order valence-corrected chi connectivity index (χ2v) is 11.6. The maximum Gasteiger partial charge on any atom is 0.336 e. The summed E-state index contributed by atoms with van der Waals surface area (Å²) in [4.78, 5) is 59.5. The fourth-order valence-electron chi connectivity index (χ4n) is 5.45. The Kier molecular flexibility index (Phi) is 15.9. The van der Waals surface area contributed by atoms with Crippen molar-refractivity contribution in [3.8, 4) is 23.1 Å². The molecule has 292 valence electrons. The number of hydrogen-bond acceptors (Lipinski definition) is 15. The van der Waals surface area contributed by atoms with Crippen LogP contribution in [0.1, 0.15) is 61.6 Å². The van der Waals surface area contributed by atoms with E-state index in [0.29, 0.717) is 36.2 Å². The molecule has 1 saturated carbocycles. The van der Waals surface area contributed by atoms with Crippen molar-refractivity contribution in [2.24, 2.45) is 4.99 Å². The zero-order valence-corrected chi connectivity index (χ0v) is 29.0. The highest BCUT2D eigenvalue weighted by Crippen LogP contribution is 2.45. The number of pyridine rings is 1. The molecular weight excluding hydrogens is 712 g/mol. The van der Waals surface area contributed by atoms with Crippen LogP contribution in [-0.2, 0) is 24.0 Å². The Balaban J connectivity index is 0.000000350. The third-order valence-corrected chi connectivity index (χ3v) is 7.97. The predicted molar refractivity (Wildman–Crippen MR) is 178 cm³/mol. The number of aliphatic carboxylic acids is 5. The van der Waals surface area contributed by atoms with Gasteiger partial charge in [0.05, 0.1) is 58.6 Å². The lowest BCUT2D eigenvalue weighted by Gasteiger charge is -2.37. The molecule has 1 aromatic carbocycles. The van der Waals surface area contributed by atoms with Crippen LogP contribution in [0, 0.1) is 0 Å². The summed E-state index contributed by atoms with van der Waals surface area (Å²) in [5.41, 5.74) is 1.06. The number of methoxy groups -OCH3 is 3. The van der Waals surface area contributed by atoms with Crippen molar-refractivity contribution >= 4 is 35.6 Å². The first kappa shape index (κ1) is 43.6. The van der Waals surface area contributed by atoms with Crippen LogP contribution in [0.25, 0.3) is 0 Å². The van der Waals surface area contributed by atoms with Crippen molar-refractivity contribution in [3.05, 3.63) is 41.1 Å². The third-order valence-electron chi connectivity index (χ3n) is 7.97. The predicted octanol–water partition coefficient (Wildman–Crippen LogP) is -0.0170. The van der Waals surface area contributed by atoms with Gasteiger partial charge in [0.1, 0.15) is 0 Å². The van der Waals surface area contributed by atoms with Gasteiger partial charge >= 0.3 is 29.8 Å². The summed E-state index contributed by atoms with van der Waals surface area (Å²) < 4.78 is 22.2. The molecule has 9 N–H and O–H groups in total. The van der Waals surface area contributed by atoms with E-state index in [1.807, 2.05) is 19.1 Å². The van der Waals surface area contributed by atoms with Gasteiger partial charge in [0.2, 0.25) is 0 Å². The third kappa shape index (κ3) is 11.5. The molecule has 1 aliphatic heterocycles. The average Bonchev–Trinajstić information content (AvgIpc) is 3.09. The number of aliphatic hydroxyl groups is 4. The van der Waals surface area contributed by atoms with Gasteiger partial charge in [-0.3, -0.25) is 14.6 Å². The smallest absolute Gasteiger partial charge is 0.336 e. The number of carboxylic acid groups (broad SMARTS) is 5. The zero-order valence-electron chi connectivity index (χ0n) is 29.0. The fraction of sp³-hybridized carbons (Fsp3) is 0.485. The van der Waals surface area contributed by atoms with Gasteiger partial charge in [0, 0.05) is 23.2 Å². The Morgan fingerprint density at radius 3 is 1.85 bits per heavy atom. The van der Waals surface area contributed by atoms with Crippen LogP contribution >= 0.6 is 0 Å². The van der Waals surface area contributed by atoms with Crippen LogP contribution in [0.2, 0.25) is 0 Å². The second-order valence-electron chi connectivity index (χ2n) is 11.6. The van der Waals surface area contributed by atoms with Gasteiger partial charge in [0.25, 0.3) is 5.88 Å². The molecular formula is C33H42N2O18. The Morgan fingerprint density at radius 2 is 1.40 bits per heavy atom. The van der Waals surface area contributed by atoms with E-state index in [1.54, 1.807) is 27.5 Å². The minimum absolute atomic E-state index is 0.104. The first-order chi connectivity index (χ1) is 24.8. The van der Waals surface area contributed by atoms with Crippen LogP contribution in [0.4, 0.5) is 0 Å². The summed E-state index contributed by atoms with van der Waals surface area (Å²) in [6.07, 6.45) is -3.09. The highest BCUT2D eigenvalue weighted by atomic mass is 16.5. The van der Waals surface area contributed by atoms with Gasteiger partial charge in [0.15, 0.2) is 35.1 Å². The van der Waals surface area contributed by atoms with Crippen molar-refractivity contribution < 1.29 is 88.9 Å². The number of carboxylic acids is 5. The number of benzene rings is 1. The van der Waals surface area contributed by atoms with E-state index in [4.69, 9.17) is 64.8 Å². The van der Waals surface area contributed by atoms with Crippen molar-refractivity contribution in [2.75, 3.05) is 27.9 Å². The van der Waals surface area contributed by atoms with Gasteiger partial charge in [-0.25, -0.2) is 19.4 Å². The summed E-state index contributed by atoms with van der Waals surface area (Å²) in [7, 11) is 4.79. The summed E-state index contributed by atoms with van der Waals surface area (Å²) in [5.74, 6) is -6.06. The van der Waals surface area contributed by atoms with Gasteiger partial charge in [-0.05, 0) is 49.9 Å². The number of carbonyl (C=O) groups is 5. The number of aliphatic imine (C=N–C) groups is 1. The number of rotatable bonds is 14. The topological polar surface area (TPSA) is 330 Å². The molecule has 0 saturated heterocycles. The molecule has 1 aromatic heterocycles. The molecule has 2 heterocycles. The molecule has 0 spiro atoms. The van der Waals surface area contributed by atoms with E-state index in [2.05, 4.69) is 11.1 Å². The van der Waals surface area contributed by atoms with Crippen LogP contribution in [0.3, 0.4) is 0 Å². The molecule has 0 bridgehead atoms. The molecule has 1 aliphatic carbocycles. The summed E-state index contributed by atoms with van der Waals surface area (Å²) >= 11 is 0. The lowest BCUT2D eigenvalue weighted by molar-refractivity contribution is -0.170. The molecule has 20 heteroatoms. The van der Waals surface area contributed by atoms with Gasteiger partial charge in [-0.2, -0.15) is 0 Å². The quantitative estimate of drug-likeness (QED) is 0.122. The van der Waals surface area contributed by atoms with E-state index < -0.39 is 60.5 Å². The monoisotopic (exact) mass is 754 g/mol. The van der Waals surface area contributed by atoms with Crippen molar-refractivity contribution in [1.82, 2.24) is 4.98 Å². The molecule has 53 heavy (non-hydrogen) atoms. The highest BCUT2D eigenvalue weighted by Gasteiger charge is 2.41. The fourth-order valence-corrected chi connectivity index (χ4v) is 5.45. The van der Waals surface area contributed by atoms with Gasteiger partial charge < -0.3 is 64.9 Å². The average molecular weight is 755 g/mol. The first-order valence-corrected chi connectivity index (χ1v) is 15.7. The molecule has 0 radical (unpaired) electrons. The molecule has 0 unspecified atom stereocenters. The lowest BCUT2D eigenvalue weighted by Crippen LogP contribution is -2.42.